The first-order valence-corrected chi connectivity index (χ1v) is 7.72. The van der Waals surface area contributed by atoms with Crippen LogP contribution < -0.4 is 10.6 Å². The van der Waals surface area contributed by atoms with Crippen molar-refractivity contribution in [2.45, 2.75) is 70.9 Å². The van der Waals surface area contributed by atoms with Gasteiger partial charge in [0.15, 0.2) is 0 Å². The van der Waals surface area contributed by atoms with E-state index < -0.39 is 0 Å². The lowest BCUT2D eigenvalue weighted by Crippen LogP contribution is -2.46. The SMILES string of the molecule is CCC1CCC(NC(=O)C2CCNC(C)C2)CC1. The van der Waals surface area contributed by atoms with E-state index in [1.807, 2.05) is 0 Å². The first kappa shape index (κ1) is 13.9. The van der Waals surface area contributed by atoms with Crippen LogP contribution in [0.1, 0.15) is 58.8 Å². The van der Waals surface area contributed by atoms with Crippen LogP contribution in [0.25, 0.3) is 0 Å². The number of hydrogen-bond acceptors (Lipinski definition) is 2. The van der Waals surface area contributed by atoms with Crippen LogP contribution in [0.5, 0.6) is 0 Å². The van der Waals surface area contributed by atoms with Crippen molar-refractivity contribution in [1.29, 1.82) is 0 Å². The zero-order chi connectivity index (χ0) is 13.0. The number of hydrogen-bond donors (Lipinski definition) is 2. The van der Waals surface area contributed by atoms with E-state index in [4.69, 9.17) is 0 Å². The second kappa shape index (κ2) is 6.55. The molecule has 2 atom stereocenters. The molecule has 2 unspecified atom stereocenters. The Bertz CT molecular complexity index is 272. The van der Waals surface area contributed by atoms with Gasteiger partial charge in [0, 0.05) is 18.0 Å². The number of amides is 1. The van der Waals surface area contributed by atoms with Gasteiger partial charge in [-0.2, -0.15) is 0 Å². The molecule has 0 spiro atoms. The number of nitrogens with one attached hydrogen (secondary N) is 2. The van der Waals surface area contributed by atoms with Gasteiger partial charge in [0.25, 0.3) is 0 Å². The van der Waals surface area contributed by atoms with E-state index in [0.717, 1.165) is 25.3 Å². The van der Waals surface area contributed by atoms with E-state index in [-0.39, 0.29) is 5.92 Å². The minimum atomic E-state index is 0.241. The average molecular weight is 252 g/mol. The Balaban J connectivity index is 1.74. The van der Waals surface area contributed by atoms with Crippen molar-refractivity contribution in [3.05, 3.63) is 0 Å². The summed E-state index contributed by atoms with van der Waals surface area (Å²) < 4.78 is 0. The molecule has 0 bridgehead atoms. The summed E-state index contributed by atoms with van der Waals surface area (Å²) in [6, 6.07) is 0.941. The first-order valence-electron chi connectivity index (χ1n) is 7.72. The van der Waals surface area contributed by atoms with Crippen LogP contribution in [0.3, 0.4) is 0 Å². The van der Waals surface area contributed by atoms with Crippen LogP contribution in [0.4, 0.5) is 0 Å². The molecule has 1 amide bonds. The number of rotatable bonds is 3. The summed E-state index contributed by atoms with van der Waals surface area (Å²) in [5, 5.41) is 6.69. The lowest BCUT2D eigenvalue weighted by Gasteiger charge is -2.32. The maximum absolute atomic E-state index is 12.2. The quantitative estimate of drug-likeness (QED) is 0.810. The van der Waals surface area contributed by atoms with E-state index in [2.05, 4.69) is 24.5 Å². The molecule has 1 aliphatic carbocycles. The van der Waals surface area contributed by atoms with Gasteiger partial charge < -0.3 is 10.6 Å². The fraction of sp³-hybridized carbons (Fsp3) is 0.933. The molecule has 0 aromatic rings. The zero-order valence-electron chi connectivity index (χ0n) is 11.9. The molecule has 2 rings (SSSR count). The molecule has 3 heteroatoms. The van der Waals surface area contributed by atoms with E-state index in [1.54, 1.807) is 0 Å². The second-order valence-electron chi connectivity index (χ2n) is 6.21. The first-order chi connectivity index (χ1) is 8.69. The van der Waals surface area contributed by atoms with E-state index in [0.29, 0.717) is 18.0 Å². The van der Waals surface area contributed by atoms with Gasteiger partial charge in [0.05, 0.1) is 0 Å². The fourth-order valence-corrected chi connectivity index (χ4v) is 3.40. The summed E-state index contributed by atoms with van der Waals surface area (Å²) in [5.41, 5.74) is 0. The molecule has 2 fully saturated rings. The highest BCUT2D eigenvalue weighted by Crippen LogP contribution is 2.27. The highest BCUT2D eigenvalue weighted by atomic mass is 16.1. The van der Waals surface area contributed by atoms with Crippen LogP contribution in [-0.2, 0) is 4.79 Å². The molecule has 0 aromatic heterocycles. The molecular weight excluding hydrogens is 224 g/mol. The molecule has 2 aliphatic rings. The molecule has 2 N–H and O–H groups in total. The van der Waals surface area contributed by atoms with E-state index in [9.17, 15) is 4.79 Å². The van der Waals surface area contributed by atoms with E-state index in [1.165, 1.54) is 32.1 Å². The Hall–Kier alpha value is -0.570. The van der Waals surface area contributed by atoms with Gasteiger partial charge in [-0.3, -0.25) is 4.79 Å². The Morgan fingerprint density at radius 1 is 1.22 bits per heavy atom. The molecule has 0 aromatic carbocycles. The molecular formula is C15H28N2O. The standard InChI is InChI=1S/C15H28N2O/c1-3-12-4-6-14(7-5-12)17-15(18)13-8-9-16-11(2)10-13/h11-14,16H,3-10H2,1-2H3,(H,17,18). The molecule has 1 heterocycles. The van der Waals surface area contributed by atoms with Crippen LogP contribution in [-0.4, -0.2) is 24.5 Å². The fourth-order valence-electron chi connectivity index (χ4n) is 3.40. The van der Waals surface area contributed by atoms with Crippen molar-refractivity contribution < 1.29 is 4.79 Å². The van der Waals surface area contributed by atoms with Gasteiger partial charge in [0.2, 0.25) is 5.91 Å². The van der Waals surface area contributed by atoms with Crippen LogP contribution in [0, 0.1) is 11.8 Å². The largest absolute Gasteiger partial charge is 0.353 e. The summed E-state index contributed by atoms with van der Waals surface area (Å²) in [7, 11) is 0. The molecule has 1 saturated heterocycles. The lowest BCUT2D eigenvalue weighted by atomic mass is 9.84. The van der Waals surface area contributed by atoms with Crippen molar-refractivity contribution in [2.24, 2.45) is 11.8 Å². The lowest BCUT2D eigenvalue weighted by molar-refractivity contribution is -0.127. The Labute approximate surface area is 111 Å². The minimum Gasteiger partial charge on any atom is -0.353 e. The van der Waals surface area contributed by atoms with Crippen molar-refractivity contribution in [2.75, 3.05) is 6.54 Å². The van der Waals surface area contributed by atoms with Gasteiger partial charge in [-0.15, -0.1) is 0 Å². The van der Waals surface area contributed by atoms with Crippen molar-refractivity contribution in [3.63, 3.8) is 0 Å². The van der Waals surface area contributed by atoms with Gasteiger partial charge >= 0.3 is 0 Å². The predicted molar refractivity (Wildman–Crippen MR) is 74.4 cm³/mol. The molecule has 104 valence electrons. The summed E-state index contributed by atoms with van der Waals surface area (Å²) >= 11 is 0. The van der Waals surface area contributed by atoms with Crippen molar-refractivity contribution >= 4 is 5.91 Å². The van der Waals surface area contributed by atoms with E-state index >= 15 is 0 Å². The monoisotopic (exact) mass is 252 g/mol. The maximum Gasteiger partial charge on any atom is 0.223 e. The van der Waals surface area contributed by atoms with Crippen molar-refractivity contribution in [1.82, 2.24) is 10.6 Å². The number of carbonyl (C=O) groups excluding carboxylic acids is 1. The topological polar surface area (TPSA) is 41.1 Å². The Morgan fingerprint density at radius 3 is 2.56 bits per heavy atom. The second-order valence-corrected chi connectivity index (χ2v) is 6.21. The summed E-state index contributed by atoms with van der Waals surface area (Å²) in [5.74, 6) is 1.45. The summed E-state index contributed by atoms with van der Waals surface area (Å²) in [6.45, 7) is 5.44. The molecule has 0 radical (unpaired) electrons. The maximum atomic E-state index is 12.2. The van der Waals surface area contributed by atoms with Gasteiger partial charge in [-0.25, -0.2) is 0 Å². The van der Waals surface area contributed by atoms with Crippen LogP contribution >= 0.6 is 0 Å². The highest BCUT2D eigenvalue weighted by molar-refractivity contribution is 5.79. The highest BCUT2D eigenvalue weighted by Gasteiger charge is 2.27. The molecule has 18 heavy (non-hydrogen) atoms. The van der Waals surface area contributed by atoms with Gasteiger partial charge in [-0.05, 0) is 57.9 Å². The number of carbonyl (C=O) groups is 1. The van der Waals surface area contributed by atoms with Crippen LogP contribution in [0.15, 0.2) is 0 Å². The normalized spacial score (nSPS) is 37.2. The van der Waals surface area contributed by atoms with Crippen LogP contribution in [0.2, 0.25) is 0 Å². The summed E-state index contributed by atoms with van der Waals surface area (Å²) in [4.78, 5) is 12.2. The zero-order valence-corrected chi connectivity index (χ0v) is 11.9. The Morgan fingerprint density at radius 2 is 1.94 bits per heavy atom. The Kier molecular flexibility index (Phi) is 5.04. The third-order valence-corrected chi connectivity index (χ3v) is 4.76. The third-order valence-electron chi connectivity index (χ3n) is 4.76. The smallest absolute Gasteiger partial charge is 0.223 e. The van der Waals surface area contributed by atoms with Crippen molar-refractivity contribution in [3.8, 4) is 0 Å². The third kappa shape index (κ3) is 3.71. The minimum absolute atomic E-state index is 0.241. The molecule has 3 nitrogen and oxygen atoms in total. The number of piperidine rings is 1. The van der Waals surface area contributed by atoms with Gasteiger partial charge in [0.1, 0.15) is 0 Å². The predicted octanol–water partition coefficient (Wildman–Crippen LogP) is 2.46. The summed E-state index contributed by atoms with van der Waals surface area (Å²) in [6.07, 6.45) is 8.26. The molecule has 1 saturated carbocycles. The molecule has 1 aliphatic heterocycles. The average Bonchev–Trinajstić information content (AvgIpc) is 2.39. The van der Waals surface area contributed by atoms with Gasteiger partial charge in [-0.1, -0.05) is 13.3 Å².